The Kier molecular flexibility index (Phi) is 4.79. The Morgan fingerprint density at radius 1 is 1.45 bits per heavy atom. The number of rotatable bonds is 6. The van der Waals surface area contributed by atoms with Crippen LogP contribution in [0.4, 0.5) is 0 Å². The molecule has 2 rings (SSSR count). The number of hydrogen-bond donors (Lipinski definition) is 0. The second-order valence-electron chi connectivity index (χ2n) is 4.52. The first-order valence-corrected chi connectivity index (χ1v) is 6.91. The summed E-state index contributed by atoms with van der Waals surface area (Å²) in [6, 6.07) is 7.47. The Balaban J connectivity index is 2.21. The van der Waals surface area contributed by atoms with Crippen molar-refractivity contribution in [2.24, 2.45) is 0 Å². The van der Waals surface area contributed by atoms with Crippen molar-refractivity contribution >= 4 is 17.4 Å². The molecule has 0 radical (unpaired) electrons. The van der Waals surface area contributed by atoms with E-state index in [-0.39, 0.29) is 12.2 Å². The van der Waals surface area contributed by atoms with Crippen LogP contribution in [0.1, 0.15) is 29.4 Å². The van der Waals surface area contributed by atoms with Crippen LogP contribution in [0.3, 0.4) is 0 Å². The number of halogens is 1. The number of hydrogen-bond acceptors (Lipinski definition) is 3. The summed E-state index contributed by atoms with van der Waals surface area (Å²) in [6.07, 6.45) is 2.71. The molecule has 0 N–H and O–H groups in total. The average molecular weight is 293 g/mol. The normalized spacial score (nSPS) is 10.6. The number of ketones is 1. The van der Waals surface area contributed by atoms with Gasteiger partial charge in [0.25, 0.3) is 0 Å². The zero-order valence-electron chi connectivity index (χ0n) is 11.6. The molecule has 0 aliphatic carbocycles. The van der Waals surface area contributed by atoms with E-state index in [4.69, 9.17) is 16.3 Å². The maximum Gasteiger partial charge on any atom is 0.186 e. The smallest absolute Gasteiger partial charge is 0.186 e. The number of benzene rings is 1. The first-order valence-electron chi connectivity index (χ1n) is 6.53. The summed E-state index contributed by atoms with van der Waals surface area (Å²) in [5, 5.41) is 4.55. The molecule has 0 bridgehead atoms. The van der Waals surface area contributed by atoms with Crippen molar-refractivity contribution < 1.29 is 9.53 Å². The highest BCUT2D eigenvalue weighted by Gasteiger charge is 2.17. The molecule has 20 heavy (non-hydrogen) atoms. The van der Waals surface area contributed by atoms with Crippen LogP contribution in [0.2, 0.25) is 5.02 Å². The summed E-state index contributed by atoms with van der Waals surface area (Å²) < 4.78 is 6.83. The molecule has 1 aromatic heterocycles. The van der Waals surface area contributed by atoms with Crippen molar-refractivity contribution in [2.45, 2.75) is 26.3 Å². The van der Waals surface area contributed by atoms with Gasteiger partial charge in [0.2, 0.25) is 0 Å². The Morgan fingerprint density at radius 2 is 2.25 bits per heavy atom. The highest BCUT2D eigenvalue weighted by atomic mass is 35.5. The lowest BCUT2D eigenvalue weighted by atomic mass is 10.1. The Morgan fingerprint density at radius 3 is 2.95 bits per heavy atom. The van der Waals surface area contributed by atoms with Crippen LogP contribution in [0.5, 0.6) is 5.75 Å². The SMILES string of the molecule is CCCn1ncc(Cl)c1C(=O)Cc1cccc(OC)c1. The fourth-order valence-corrected chi connectivity index (χ4v) is 2.32. The summed E-state index contributed by atoms with van der Waals surface area (Å²) in [5.74, 6) is 0.706. The molecule has 0 aliphatic rings. The molecule has 0 unspecified atom stereocenters. The highest BCUT2D eigenvalue weighted by Crippen LogP contribution is 2.19. The molecular weight excluding hydrogens is 276 g/mol. The lowest BCUT2D eigenvalue weighted by Gasteiger charge is -2.07. The molecule has 0 fully saturated rings. The maximum atomic E-state index is 12.4. The van der Waals surface area contributed by atoms with Crippen LogP contribution in [-0.2, 0) is 13.0 Å². The van der Waals surface area contributed by atoms with Crippen LogP contribution < -0.4 is 4.74 Å². The average Bonchev–Trinajstić information content (AvgIpc) is 2.80. The lowest BCUT2D eigenvalue weighted by molar-refractivity contribution is 0.0982. The van der Waals surface area contributed by atoms with E-state index in [1.165, 1.54) is 6.20 Å². The minimum atomic E-state index is -0.0331. The molecule has 106 valence electrons. The van der Waals surface area contributed by atoms with Crippen LogP contribution in [0, 0.1) is 0 Å². The minimum Gasteiger partial charge on any atom is -0.497 e. The van der Waals surface area contributed by atoms with Crippen LogP contribution in [0.25, 0.3) is 0 Å². The number of Topliss-reactive ketones (excluding diaryl/α,β-unsaturated/α-hetero) is 1. The van der Waals surface area contributed by atoms with Gasteiger partial charge >= 0.3 is 0 Å². The van der Waals surface area contributed by atoms with Gasteiger partial charge in [-0.15, -0.1) is 0 Å². The van der Waals surface area contributed by atoms with E-state index < -0.39 is 0 Å². The molecule has 0 amide bonds. The van der Waals surface area contributed by atoms with Gasteiger partial charge < -0.3 is 4.74 Å². The van der Waals surface area contributed by atoms with Gasteiger partial charge in [-0.1, -0.05) is 30.7 Å². The second kappa shape index (κ2) is 6.57. The van der Waals surface area contributed by atoms with Gasteiger partial charge in [0.05, 0.1) is 18.3 Å². The maximum absolute atomic E-state index is 12.4. The van der Waals surface area contributed by atoms with Crippen LogP contribution in [-0.4, -0.2) is 22.7 Å². The summed E-state index contributed by atoms with van der Waals surface area (Å²) >= 11 is 6.07. The monoisotopic (exact) mass is 292 g/mol. The van der Waals surface area contributed by atoms with Gasteiger partial charge in [0.15, 0.2) is 5.78 Å². The summed E-state index contributed by atoms with van der Waals surface area (Å²) in [4.78, 5) is 12.4. The first-order chi connectivity index (χ1) is 9.65. The number of nitrogens with zero attached hydrogens (tertiary/aromatic N) is 2. The Bertz CT molecular complexity index is 608. The number of ether oxygens (including phenoxy) is 1. The van der Waals surface area contributed by atoms with Crippen LogP contribution in [0.15, 0.2) is 30.5 Å². The van der Waals surface area contributed by atoms with E-state index in [0.29, 0.717) is 17.3 Å². The lowest BCUT2D eigenvalue weighted by Crippen LogP contribution is -2.13. The van der Waals surface area contributed by atoms with E-state index in [1.54, 1.807) is 11.8 Å². The minimum absolute atomic E-state index is 0.0331. The zero-order chi connectivity index (χ0) is 14.5. The molecule has 5 heteroatoms. The molecule has 4 nitrogen and oxygen atoms in total. The van der Waals surface area contributed by atoms with E-state index in [1.807, 2.05) is 31.2 Å². The fourth-order valence-electron chi connectivity index (χ4n) is 2.07. The van der Waals surface area contributed by atoms with Crippen molar-refractivity contribution in [3.05, 3.63) is 46.7 Å². The Hall–Kier alpha value is -1.81. The predicted octanol–water partition coefficient (Wildman–Crippen LogP) is 3.38. The number of carbonyl (C=O) groups excluding carboxylic acids is 1. The van der Waals surface area contributed by atoms with E-state index in [2.05, 4.69) is 5.10 Å². The van der Waals surface area contributed by atoms with Gasteiger partial charge in [0.1, 0.15) is 11.4 Å². The van der Waals surface area contributed by atoms with Gasteiger partial charge in [0, 0.05) is 13.0 Å². The van der Waals surface area contributed by atoms with Crippen molar-refractivity contribution in [3.63, 3.8) is 0 Å². The second-order valence-corrected chi connectivity index (χ2v) is 4.92. The predicted molar refractivity (Wildman–Crippen MR) is 78.6 cm³/mol. The molecule has 0 saturated carbocycles. The highest BCUT2D eigenvalue weighted by molar-refractivity contribution is 6.33. The molecular formula is C15H17ClN2O2. The summed E-state index contributed by atoms with van der Waals surface area (Å²) in [6.45, 7) is 2.72. The quantitative estimate of drug-likeness (QED) is 0.767. The van der Waals surface area contributed by atoms with E-state index in [0.717, 1.165) is 17.7 Å². The van der Waals surface area contributed by atoms with Gasteiger partial charge in [-0.25, -0.2) is 0 Å². The summed E-state index contributed by atoms with van der Waals surface area (Å²) in [5.41, 5.74) is 1.38. The van der Waals surface area contributed by atoms with Gasteiger partial charge in [-0.2, -0.15) is 5.10 Å². The third-order valence-electron chi connectivity index (χ3n) is 2.99. The topological polar surface area (TPSA) is 44.1 Å². The number of aromatic nitrogens is 2. The third-order valence-corrected chi connectivity index (χ3v) is 3.27. The van der Waals surface area contributed by atoms with Crippen LogP contribution >= 0.6 is 11.6 Å². The molecule has 1 heterocycles. The van der Waals surface area contributed by atoms with Crippen molar-refractivity contribution in [3.8, 4) is 5.75 Å². The van der Waals surface area contributed by atoms with Crippen molar-refractivity contribution in [1.82, 2.24) is 9.78 Å². The van der Waals surface area contributed by atoms with Crippen molar-refractivity contribution in [2.75, 3.05) is 7.11 Å². The zero-order valence-corrected chi connectivity index (χ0v) is 12.4. The van der Waals surface area contributed by atoms with E-state index in [9.17, 15) is 4.79 Å². The molecule has 0 spiro atoms. The third kappa shape index (κ3) is 3.20. The van der Waals surface area contributed by atoms with Gasteiger partial charge in [-0.05, 0) is 24.1 Å². The molecule has 0 aliphatic heterocycles. The molecule has 0 saturated heterocycles. The number of aryl methyl sites for hydroxylation is 1. The molecule has 1 aromatic carbocycles. The fraction of sp³-hybridized carbons (Fsp3) is 0.333. The number of carbonyl (C=O) groups is 1. The molecule has 0 atom stereocenters. The first kappa shape index (κ1) is 14.6. The van der Waals surface area contributed by atoms with Crippen molar-refractivity contribution in [1.29, 1.82) is 0 Å². The standard InChI is InChI=1S/C15H17ClN2O2/c1-3-7-18-15(13(16)10-17-18)14(19)9-11-5-4-6-12(8-11)20-2/h4-6,8,10H,3,7,9H2,1-2H3. The van der Waals surface area contributed by atoms with E-state index >= 15 is 0 Å². The van der Waals surface area contributed by atoms with Gasteiger partial charge in [-0.3, -0.25) is 9.48 Å². The summed E-state index contributed by atoms with van der Waals surface area (Å²) in [7, 11) is 1.61. The Labute approximate surface area is 123 Å². The largest absolute Gasteiger partial charge is 0.497 e. The number of methoxy groups -OCH3 is 1. The molecule has 2 aromatic rings.